The molecule has 3 heterocycles. The highest BCUT2D eigenvalue weighted by Gasteiger charge is 2.29. The second kappa shape index (κ2) is 6.07. The van der Waals surface area contributed by atoms with E-state index in [1.54, 1.807) is 16.6 Å². The second-order valence-electron chi connectivity index (χ2n) is 6.07. The summed E-state index contributed by atoms with van der Waals surface area (Å²) in [7, 11) is -3.43. The number of anilines is 2. The van der Waals surface area contributed by atoms with Crippen molar-refractivity contribution in [2.24, 2.45) is 0 Å². The van der Waals surface area contributed by atoms with E-state index in [-0.39, 0.29) is 0 Å². The lowest BCUT2D eigenvalue weighted by molar-refractivity contribution is 0.384. The largest absolute Gasteiger partial charge is 0.384 e. The van der Waals surface area contributed by atoms with Crippen molar-refractivity contribution in [1.29, 1.82) is 0 Å². The molecule has 24 heavy (non-hydrogen) atoms. The maximum Gasteiger partial charge on any atom is 0.243 e. The van der Waals surface area contributed by atoms with Gasteiger partial charge in [-0.05, 0) is 42.3 Å². The fourth-order valence-electron chi connectivity index (χ4n) is 3.29. The summed E-state index contributed by atoms with van der Waals surface area (Å²) in [5.74, 6) is 0.901. The molecule has 0 aliphatic carbocycles. The van der Waals surface area contributed by atoms with Crippen molar-refractivity contribution in [3.05, 3.63) is 48.2 Å². The molecule has 0 saturated carbocycles. The lowest BCUT2D eigenvalue weighted by atomic mass is 10.2. The number of aromatic nitrogens is 1. The molecule has 0 amide bonds. The highest BCUT2D eigenvalue weighted by molar-refractivity contribution is 7.89. The van der Waals surface area contributed by atoms with Crippen LogP contribution in [-0.2, 0) is 16.4 Å². The topological polar surface area (TPSA) is 65.5 Å². The van der Waals surface area contributed by atoms with Gasteiger partial charge in [-0.15, -0.1) is 0 Å². The van der Waals surface area contributed by atoms with Gasteiger partial charge in [-0.25, -0.2) is 13.4 Å². The Kier molecular flexibility index (Phi) is 3.90. The summed E-state index contributed by atoms with van der Waals surface area (Å²) in [6.45, 7) is 3.15. The van der Waals surface area contributed by atoms with Crippen molar-refractivity contribution >= 4 is 21.5 Å². The van der Waals surface area contributed by atoms with Gasteiger partial charge in [0, 0.05) is 44.6 Å². The van der Waals surface area contributed by atoms with Crippen LogP contribution in [0.5, 0.6) is 0 Å². The molecular weight excluding hydrogens is 324 g/mol. The number of piperazine rings is 1. The van der Waals surface area contributed by atoms with Crippen LogP contribution in [0.4, 0.5) is 11.5 Å². The monoisotopic (exact) mass is 344 g/mol. The molecule has 7 heteroatoms. The third kappa shape index (κ3) is 2.74. The first-order valence-corrected chi connectivity index (χ1v) is 9.61. The number of rotatable bonds is 3. The molecule has 1 fully saturated rings. The molecular formula is C17H20N4O2S. The lowest BCUT2D eigenvalue weighted by Gasteiger charge is -2.34. The van der Waals surface area contributed by atoms with E-state index in [1.807, 2.05) is 30.3 Å². The van der Waals surface area contributed by atoms with Crippen LogP contribution in [0, 0.1) is 0 Å². The zero-order valence-corrected chi connectivity index (χ0v) is 14.2. The minimum atomic E-state index is -3.43. The zero-order chi connectivity index (χ0) is 16.6. The van der Waals surface area contributed by atoms with Gasteiger partial charge in [0.25, 0.3) is 0 Å². The van der Waals surface area contributed by atoms with E-state index in [2.05, 4.69) is 15.2 Å². The average molecular weight is 344 g/mol. The van der Waals surface area contributed by atoms with E-state index >= 15 is 0 Å². The molecule has 1 aromatic carbocycles. The van der Waals surface area contributed by atoms with Crippen molar-refractivity contribution in [1.82, 2.24) is 9.29 Å². The molecule has 0 atom stereocenters. The van der Waals surface area contributed by atoms with Crippen LogP contribution >= 0.6 is 0 Å². The first-order chi connectivity index (χ1) is 11.6. The standard InChI is InChI=1S/C17H20N4O2S/c22-24(23,15-4-5-16-14(13-15)6-8-18-16)21-11-9-20(10-12-21)17-3-1-2-7-19-17/h1-5,7,13,18H,6,8-12H2. The van der Waals surface area contributed by atoms with Crippen molar-refractivity contribution in [3.63, 3.8) is 0 Å². The molecule has 0 unspecified atom stereocenters. The quantitative estimate of drug-likeness (QED) is 0.915. The van der Waals surface area contributed by atoms with Gasteiger partial charge in [-0.1, -0.05) is 6.07 Å². The Morgan fingerprint density at radius 1 is 1.04 bits per heavy atom. The van der Waals surface area contributed by atoms with Crippen LogP contribution < -0.4 is 10.2 Å². The summed E-state index contributed by atoms with van der Waals surface area (Å²) in [4.78, 5) is 6.86. The lowest BCUT2D eigenvalue weighted by Crippen LogP contribution is -2.48. The molecule has 0 radical (unpaired) electrons. The molecule has 126 valence electrons. The van der Waals surface area contributed by atoms with E-state index in [9.17, 15) is 8.42 Å². The fraction of sp³-hybridized carbons (Fsp3) is 0.353. The van der Waals surface area contributed by atoms with Gasteiger partial charge < -0.3 is 10.2 Å². The number of hydrogen-bond acceptors (Lipinski definition) is 5. The van der Waals surface area contributed by atoms with Crippen LogP contribution in [0.25, 0.3) is 0 Å². The highest BCUT2D eigenvalue weighted by Crippen LogP contribution is 2.27. The van der Waals surface area contributed by atoms with Gasteiger partial charge >= 0.3 is 0 Å². The maximum atomic E-state index is 12.9. The van der Waals surface area contributed by atoms with Gasteiger partial charge in [0.1, 0.15) is 5.82 Å². The third-order valence-corrected chi connectivity index (χ3v) is 6.53. The number of hydrogen-bond donors (Lipinski definition) is 1. The summed E-state index contributed by atoms with van der Waals surface area (Å²) in [6.07, 6.45) is 2.64. The number of nitrogens with one attached hydrogen (secondary N) is 1. The first kappa shape index (κ1) is 15.4. The van der Waals surface area contributed by atoms with E-state index in [1.165, 1.54) is 0 Å². The molecule has 1 saturated heterocycles. The number of nitrogens with zero attached hydrogens (tertiary/aromatic N) is 3. The van der Waals surface area contributed by atoms with E-state index in [4.69, 9.17) is 0 Å². The molecule has 0 bridgehead atoms. The Labute approximate surface area is 142 Å². The number of pyridine rings is 1. The number of fused-ring (bicyclic) bond motifs is 1. The third-order valence-electron chi connectivity index (χ3n) is 4.64. The molecule has 2 aliphatic rings. The summed E-state index contributed by atoms with van der Waals surface area (Å²) in [5.41, 5.74) is 2.14. The van der Waals surface area contributed by atoms with Gasteiger partial charge in [0.05, 0.1) is 4.90 Å². The van der Waals surface area contributed by atoms with E-state index in [0.717, 1.165) is 30.0 Å². The summed E-state index contributed by atoms with van der Waals surface area (Å²) < 4.78 is 27.4. The molecule has 2 aliphatic heterocycles. The number of sulfonamides is 1. The Morgan fingerprint density at radius 2 is 1.88 bits per heavy atom. The smallest absolute Gasteiger partial charge is 0.243 e. The minimum Gasteiger partial charge on any atom is -0.384 e. The van der Waals surface area contributed by atoms with Crippen LogP contribution in [0.2, 0.25) is 0 Å². The number of benzene rings is 1. The van der Waals surface area contributed by atoms with Crippen LogP contribution in [0.1, 0.15) is 5.56 Å². The fourth-order valence-corrected chi connectivity index (χ4v) is 4.76. The van der Waals surface area contributed by atoms with Crippen LogP contribution in [-0.4, -0.2) is 50.4 Å². The molecule has 4 rings (SSSR count). The Bertz CT molecular complexity index is 831. The van der Waals surface area contributed by atoms with Gasteiger partial charge in [0.15, 0.2) is 0 Å². The van der Waals surface area contributed by atoms with Crippen molar-refractivity contribution in [2.75, 3.05) is 42.9 Å². The molecule has 0 spiro atoms. The molecule has 1 aromatic heterocycles. The van der Waals surface area contributed by atoms with Crippen LogP contribution in [0.15, 0.2) is 47.5 Å². The Morgan fingerprint density at radius 3 is 2.62 bits per heavy atom. The highest BCUT2D eigenvalue weighted by atomic mass is 32.2. The molecule has 6 nitrogen and oxygen atoms in total. The second-order valence-corrected chi connectivity index (χ2v) is 8.01. The maximum absolute atomic E-state index is 12.9. The predicted molar refractivity (Wildman–Crippen MR) is 93.8 cm³/mol. The van der Waals surface area contributed by atoms with Crippen molar-refractivity contribution in [3.8, 4) is 0 Å². The van der Waals surface area contributed by atoms with Gasteiger partial charge in [-0.3, -0.25) is 0 Å². The van der Waals surface area contributed by atoms with Gasteiger partial charge in [-0.2, -0.15) is 4.31 Å². The summed E-state index contributed by atoms with van der Waals surface area (Å²) >= 11 is 0. The van der Waals surface area contributed by atoms with E-state index < -0.39 is 10.0 Å². The molecule has 2 aromatic rings. The summed E-state index contributed by atoms with van der Waals surface area (Å²) in [5, 5.41) is 3.26. The van der Waals surface area contributed by atoms with Crippen molar-refractivity contribution in [2.45, 2.75) is 11.3 Å². The summed E-state index contributed by atoms with van der Waals surface area (Å²) in [6, 6.07) is 11.2. The Balaban J connectivity index is 1.50. The van der Waals surface area contributed by atoms with Gasteiger partial charge in [0.2, 0.25) is 10.0 Å². The predicted octanol–water partition coefficient (Wildman–Crippen LogP) is 1.56. The average Bonchev–Trinajstić information content (AvgIpc) is 3.10. The normalized spacial score (nSPS) is 18.2. The molecule has 1 N–H and O–H groups in total. The minimum absolute atomic E-state index is 0.399. The van der Waals surface area contributed by atoms with Crippen molar-refractivity contribution < 1.29 is 8.42 Å². The first-order valence-electron chi connectivity index (χ1n) is 8.17. The SMILES string of the molecule is O=S(=O)(c1ccc2c(c1)CCN2)N1CCN(c2ccccn2)CC1. The van der Waals surface area contributed by atoms with Crippen LogP contribution in [0.3, 0.4) is 0 Å². The Hall–Kier alpha value is -2.12. The zero-order valence-electron chi connectivity index (χ0n) is 13.4. The van der Waals surface area contributed by atoms with E-state index in [0.29, 0.717) is 31.1 Å².